The van der Waals surface area contributed by atoms with Gasteiger partial charge in [0, 0.05) is 23.9 Å². The normalized spacial score (nSPS) is 11.2. The molecule has 0 aliphatic heterocycles. The summed E-state index contributed by atoms with van der Waals surface area (Å²) in [6, 6.07) is 11.3. The van der Waals surface area contributed by atoms with Crippen molar-refractivity contribution in [1.29, 1.82) is 0 Å². The summed E-state index contributed by atoms with van der Waals surface area (Å²) in [6.07, 6.45) is 0. The zero-order valence-corrected chi connectivity index (χ0v) is 13.9. The van der Waals surface area contributed by atoms with Crippen LogP contribution < -0.4 is 19.9 Å². The van der Waals surface area contributed by atoms with Crippen molar-refractivity contribution in [3.8, 4) is 11.5 Å². The predicted octanol–water partition coefficient (Wildman–Crippen LogP) is 2.15. The molecule has 2 rings (SSSR count). The Hall–Kier alpha value is -2.25. The highest BCUT2D eigenvalue weighted by molar-refractivity contribution is 7.89. The molecule has 0 spiro atoms. The Balaban J connectivity index is 2.17. The molecule has 0 bridgehead atoms. The number of nitrogen functional groups attached to an aromatic ring is 1. The summed E-state index contributed by atoms with van der Waals surface area (Å²) in [4.78, 5) is 0.165. The first kappa shape index (κ1) is 17.1. The van der Waals surface area contributed by atoms with Crippen LogP contribution in [-0.2, 0) is 16.6 Å². The zero-order valence-electron chi connectivity index (χ0n) is 13.1. The van der Waals surface area contributed by atoms with Gasteiger partial charge in [-0.3, -0.25) is 0 Å². The van der Waals surface area contributed by atoms with Gasteiger partial charge in [0.1, 0.15) is 11.5 Å². The summed E-state index contributed by atoms with van der Waals surface area (Å²) >= 11 is 0. The molecule has 0 aromatic heterocycles. The van der Waals surface area contributed by atoms with Crippen molar-refractivity contribution in [3.63, 3.8) is 0 Å². The van der Waals surface area contributed by atoms with Crippen molar-refractivity contribution >= 4 is 15.7 Å². The molecule has 3 N–H and O–H groups in total. The van der Waals surface area contributed by atoms with Crippen LogP contribution in [0.3, 0.4) is 0 Å². The van der Waals surface area contributed by atoms with Crippen LogP contribution in [0.2, 0.25) is 0 Å². The second kappa shape index (κ2) is 7.34. The standard InChI is InChI=1S/C16H20N2O4S/c1-3-22-16-10-14(21-2)7-4-12(16)11-18-23(19,20)15-8-5-13(17)6-9-15/h4-10,18H,3,11,17H2,1-2H3. The Labute approximate surface area is 136 Å². The first-order valence-corrected chi connectivity index (χ1v) is 8.59. The Morgan fingerprint density at radius 3 is 2.43 bits per heavy atom. The summed E-state index contributed by atoms with van der Waals surface area (Å²) in [5.41, 5.74) is 6.81. The van der Waals surface area contributed by atoms with Crippen molar-refractivity contribution in [3.05, 3.63) is 48.0 Å². The molecule has 0 heterocycles. The molecule has 0 radical (unpaired) electrons. The third-order valence-electron chi connectivity index (χ3n) is 3.22. The van der Waals surface area contributed by atoms with Crippen molar-refractivity contribution in [2.45, 2.75) is 18.4 Å². The SMILES string of the molecule is CCOc1cc(OC)ccc1CNS(=O)(=O)c1ccc(N)cc1. The average molecular weight is 336 g/mol. The van der Waals surface area contributed by atoms with Crippen LogP contribution in [0, 0.1) is 0 Å². The summed E-state index contributed by atoms with van der Waals surface area (Å²) in [6.45, 7) is 2.46. The number of nitrogens with one attached hydrogen (secondary N) is 1. The molecule has 0 saturated carbocycles. The molecule has 0 aliphatic rings. The smallest absolute Gasteiger partial charge is 0.240 e. The maximum absolute atomic E-state index is 12.3. The summed E-state index contributed by atoms with van der Waals surface area (Å²) in [5, 5.41) is 0. The van der Waals surface area contributed by atoms with E-state index in [1.54, 1.807) is 37.4 Å². The molecule has 6 nitrogen and oxygen atoms in total. The van der Waals surface area contributed by atoms with Crippen molar-refractivity contribution in [2.24, 2.45) is 0 Å². The number of hydrogen-bond donors (Lipinski definition) is 2. The monoisotopic (exact) mass is 336 g/mol. The van der Waals surface area contributed by atoms with Gasteiger partial charge in [-0.1, -0.05) is 6.07 Å². The van der Waals surface area contributed by atoms with E-state index in [-0.39, 0.29) is 11.4 Å². The number of sulfonamides is 1. The summed E-state index contributed by atoms with van der Waals surface area (Å²) in [7, 11) is -2.05. The number of methoxy groups -OCH3 is 1. The molecule has 0 aliphatic carbocycles. The van der Waals surface area contributed by atoms with Crippen molar-refractivity contribution in [1.82, 2.24) is 4.72 Å². The topological polar surface area (TPSA) is 90.6 Å². The molecular formula is C16H20N2O4S. The van der Waals surface area contributed by atoms with Gasteiger partial charge in [-0.25, -0.2) is 13.1 Å². The van der Waals surface area contributed by atoms with Gasteiger partial charge in [-0.05, 0) is 37.3 Å². The lowest BCUT2D eigenvalue weighted by molar-refractivity contribution is 0.332. The lowest BCUT2D eigenvalue weighted by Crippen LogP contribution is -2.23. The van der Waals surface area contributed by atoms with Gasteiger partial charge in [0.15, 0.2) is 0 Å². The summed E-state index contributed by atoms with van der Waals surface area (Å²) in [5.74, 6) is 1.24. The molecule has 124 valence electrons. The van der Waals surface area contributed by atoms with E-state index < -0.39 is 10.0 Å². The van der Waals surface area contributed by atoms with Gasteiger partial charge < -0.3 is 15.2 Å². The Kier molecular flexibility index (Phi) is 5.46. The number of hydrogen-bond acceptors (Lipinski definition) is 5. The fourth-order valence-corrected chi connectivity index (χ4v) is 3.01. The van der Waals surface area contributed by atoms with Crippen LogP contribution in [0.25, 0.3) is 0 Å². The maximum Gasteiger partial charge on any atom is 0.240 e. The minimum atomic E-state index is -3.61. The zero-order chi connectivity index (χ0) is 16.9. The van der Waals surface area contributed by atoms with Crippen LogP contribution in [0.4, 0.5) is 5.69 Å². The highest BCUT2D eigenvalue weighted by Crippen LogP contribution is 2.25. The second-order valence-corrected chi connectivity index (χ2v) is 6.57. The molecule has 0 saturated heterocycles. The van der Waals surface area contributed by atoms with Crippen molar-refractivity contribution in [2.75, 3.05) is 19.5 Å². The third-order valence-corrected chi connectivity index (χ3v) is 4.63. The van der Waals surface area contributed by atoms with Crippen LogP contribution in [0.15, 0.2) is 47.4 Å². The van der Waals surface area contributed by atoms with Gasteiger partial charge in [0.05, 0.1) is 18.6 Å². The molecular weight excluding hydrogens is 316 g/mol. The van der Waals surface area contributed by atoms with Crippen LogP contribution >= 0.6 is 0 Å². The van der Waals surface area contributed by atoms with E-state index >= 15 is 0 Å². The van der Waals surface area contributed by atoms with Crippen LogP contribution in [0.5, 0.6) is 11.5 Å². The van der Waals surface area contributed by atoms with E-state index in [9.17, 15) is 8.42 Å². The first-order chi connectivity index (χ1) is 11.0. The number of ether oxygens (including phenoxy) is 2. The average Bonchev–Trinajstić information content (AvgIpc) is 2.54. The largest absolute Gasteiger partial charge is 0.497 e. The fraction of sp³-hybridized carbons (Fsp3) is 0.250. The number of anilines is 1. The third kappa shape index (κ3) is 4.37. The van der Waals surface area contributed by atoms with Gasteiger partial charge in [0.2, 0.25) is 10.0 Å². The first-order valence-electron chi connectivity index (χ1n) is 7.11. The minimum absolute atomic E-state index is 0.117. The van der Waals surface area contributed by atoms with E-state index in [1.165, 1.54) is 12.1 Å². The molecule has 2 aromatic rings. The van der Waals surface area contributed by atoms with Gasteiger partial charge in [0.25, 0.3) is 0 Å². The fourth-order valence-electron chi connectivity index (χ4n) is 2.00. The highest BCUT2D eigenvalue weighted by Gasteiger charge is 2.15. The molecule has 7 heteroatoms. The molecule has 0 fully saturated rings. The van der Waals surface area contributed by atoms with E-state index in [0.29, 0.717) is 23.8 Å². The maximum atomic E-state index is 12.3. The van der Waals surface area contributed by atoms with E-state index in [1.807, 2.05) is 6.92 Å². The number of nitrogens with two attached hydrogens (primary N) is 1. The predicted molar refractivity (Wildman–Crippen MR) is 89.0 cm³/mol. The Morgan fingerprint density at radius 2 is 1.83 bits per heavy atom. The van der Waals surface area contributed by atoms with Crippen LogP contribution in [0.1, 0.15) is 12.5 Å². The van der Waals surface area contributed by atoms with Gasteiger partial charge in [-0.2, -0.15) is 0 Å². The van der Waals surface area contributed by atoms with Gasteiger partial charge in [-0.15, -0.1) is 0 Å². The van der Waals surface area contributed by atoms with E-state index in [2.05, 4.69) is 4.72 Å². The molecule has 0 amide bonds. The summed E-state index contributed by atoms with van der Waals surface area (Å²) < 4.78 is 37.8. The van der Waals surface area contributed by atoms with Crippen molar-refractivity contribution < 1.29 is 17.9 Å². The Morgan fingerprint density at radius 1 is 1.13 bits per heavy atom. The molecule has 23 heavy (non-hydrogen) atoms. The highest BCUT2D eigenvalue weighted by atomic mass is 32.2. The minimum Gasteiger partial charge on any atom is -0.497 e. The molecule has 2 aromatic carbocycles. The number of benzene rings is 2. The van der Waals surface area contributed by atoms with Gasteiger partial charge >= 0.3 is 0 Å². The lowest BCUT2D eigenvalue weighted by Gasteiger charge is -2.13. The van der Waals surface area contributed by atoms with Crippen LogP contribution in [-0.4, -0.2) is 22.1 Å². The Bertz CT molecular complexity index is 758. The molecule has 0 atom stereocenters. The number of rotatable bonds is 7. The molecule has 0 unspecified atom stereocenters. The van der Waals surface area contributed by atoms with E-state index in [0.717, 1.165) is 5.56 Å². The lowest BCUT2D eigenvalue weighted by atomic mass is 10.2. The quantitative estimate of drug-likeness (QED) is 0.756. The van der Waals surface area contributed by atoms with E-state index in [4.69, 9.17) is 15.2 Å². The second-order valence-electron chi connectivity index (χ2n) is 4.80.